The zero-order chi connectivity index (χ0) is 17.1. The SMILES string of the molecule is CCCCN(Cc1cccs1)C(=O)c1nc2nc(C)cc(C)n2n1. The number of unbranched alkanes of at least 4 members (excludes halogenated alkanes) is 1. The highest BCUT2D eigenvalue weighted by Crippen LogP contribution is 2.15. The number of rotatable bonds is 6. The molecule has 0 atom stereocenters. The van der Waals surface area contributed by atoms with Crippen molar-refractivity contribution >= 4 is 23.0 Å². The standard InChI is InChI=1S/C17H21N5OS/c1-4-5-8-21(11-14-7-6-9-24-14)16(23)15-19-17-18-12(2)10-13(3)22(17)20-15/h6-7,9-10H,4-5,8,11H2,1-3H3. The van der Waals surface area contributed by atoms with Gasteiger partial charge in [0.2, 0.25) is 5.82 Å². The molecule has 0 bridgehead atoms. The number of hydrogen-bond acceptors (Lipinski definition) is 5. The zero-order valence-electron chi connectivity index (χ0n) is 14.2. The Hall–Kier alpha value is -2.28. The quantitative estimate of drug-likeness (QED) is 0.689. The summed E-state index contributed by atoms with van der Waals surface area (Å²) in [4.78, 5) is 24.6. The van der Waals surface area contributed by atoms with Gasteiger partial charge in [0.1, 0.15) is 0 Å². The average molecular weight is 343 g/mol. The molecule has 0 aliphatic rings. The van der Waals surface area contributed by atoms with Crippen molar-refractivity contribution in [3.8, 4) is 0 Å². The number of hydrogen-bond donors (Lipinski definition) is 0. The van der Waals surface area contributed by atoms with Crippen molar-refractivity contribution in [3.63, 3.8) is 0 Å². The van der Waals surface area contributed by atoms with Crippen LogP contribution in [0.5, 0.6) is 0 Å². The van der Waals surface area contributed by atoms with Crippen LogP contribution in [-0.4, -0.2) is 36.9 Å². The molecule has 24 heavy (non-hydrogen) atoms. The monoisotopic (exact) mass is 343 g/mol. The molecule has 1 amide bonds. The van der Waals surface area contributed by atoms with Gasteiger partial charge in [-0.2, -0.15) is 4.98 Å². The molecule has 3 rings (SSSR count). The number of carbonyl (C=O) groups excluding carboxylic acids is 1. The highest BCUT2D eigenvalue weighted by Gasteiger charge is 2.21. The van der Waals surface area contributed by atoms with Crippen LogP contribution in [-0.2, 0) is 6.54 Å². The Morgan fingerprint density at radius 1 is 1.33 bits per heavy atom. The molecule has 0 aromatic carbocycles. The molecule has 7 heteroatoms. The third-order valence-corrected chi connectivity index (χ3v) is 4.67. The van der Waals surface area contributed by atoms with Crippen LogP contribution in [0.3, 0.4) is 0 Å². The summed E-state index contributed by atoms with van der Waals surface area (Å²) in [6.45, 7) is 7.26. The molecular weight excluding hydrogens is 322 g/mol. The van der Waals surface area contributed by atoms with Gasteiger partial charge in [-0.3, -0.25) is 4.79 Å². The van der Waals surface area contributed by atoms with E-state index in [-0.39, 0.29) is 11.7 Å². The third-order valence-electron chi connectivity index (χ3n) is 3.81. The lowest BCUT2D eigenvalue weighted by molar-refractivity contribution is 0.0730. The van der Waals surface area contributed by atoms with Crippen LogP contribution in [0.25, 0.3) is 5.78 Å². The predicted molar refractivity (Wildman–Crippen MR) is 94.2 cm³/mol. The molecule has 0 radical (unpaired) electrons. The molecular formula is C17H21N5OS. The number of nitrogens with zero attached hydrogens (tertiary/aromatic N) is 5. The second-order valence-electron chi connectivity index (χ2n) is 5.85. The number of amides is 1. The molecule has 3 aromatic rings. The van der Waals surface area contributed by atoms with E-state index in [1.807, 2.05) is 42.3 Å². The number of aryl methyl sites for hydroxylation is 2. The first-order valence-electron chi connectivity index (χ1n) is 8.11. The molecule has 0 spiro atoms. The maximum absolute atomic E-state index is 12.9. The van der Waals surface area contributed by atoms with Gasteiger partial charge in [0.25, 0.3) is 11.7 Å². The van der Waals surface area contributed by atoms with Crippen LogP contribution < -0.4 is 0 Å². The molecule has 3 aromatic heterocycles. The number of fused-ring (bicyclic) bond motifs is 1. The summed E-state index contributed by atoms with van der Waals surface area (Å²) in [6, 6.07) is 5.97. The summed E-state index contributed by atoms with van der Waals surface area (Å²) in [5, 5.41) is 6.39. The Balaban J connectivity index is 1.89. The Labute approximate surface area is 145 Å². The molecule has 3 heterocycles. The molecule has 6 nitrogen and oxygen atoms in total. The van der Waals surface area contributed by atoms with Crippen molar-refractivity contribution in [3.05, 3.63) is 45.7 Å². The van der Waals surface area contributed by atoms with Crippen LogP contribution in [0, 0.1) is 13.8 Å². The Morgan fingerprint density at radius 2 is 2.17 bits per heavy atom. The summed E-state index contributed by atoms with van der Waals surface area (Å²) in [6.07, 6.45) is 1.99. The first-order valence-corrected chi connectivity index (χ1v) is 8.99. The van der Waals surface area contributed by atoms with Gasteiger partial charge >= 0.3 is 0 Å². The smallest absolute Gasteiger partial charge is 0.293 e. The maximum Gasteiger partial charge on any atom is 0.293 e. The summed E-state index contributed by atoms with van der Waals surface area (Å²) in [5.41, 5.74) is 1.79. The van der Waals surface area contributed by atoms with Gasteiger partial charge in [0.05, 0.1) is 6.54 Å². The second-order valence-corrected chi connectivity index (χ2v) is 6.88. The molecule has 0 aliphatic carbocycles. The van der Waals surface area contributed by atoms with Crippen molar-refractivity contribution in [2.75, 3.05) is 6.54 Å². The first-order chi connectivity index (χ1) is 11.6. The van der Waals surface area contributed by atoms with Crippen LogP contribution in [0.15, 0.2) is 23.6 Å². The lowest BCUT2D eigenvalue weighted by atomic mass is 10.3. The van der Waals surface area contributed by atoms with E-state index >= 15 is 0 Å². The van der Waals surface area contributed by atoms with Crippen LogP contribution in [0.1, 0.15) is 46.6 Å². The van der Waals surface area contributed by atoms with Crippen LogP contribution in [0.4, 0.5) is 0 Å². The lowest BCUT2D eigenvalue weighted by Gasteiger charge is -2.20. The zero-order valence-corrected chi connectivity index (χ0v) is 15.0. The maximum atomic E-state index is 12.9. The Morgan fingerprint density at radius 3 is 2.88 bits per heavy atom. The van der Waals surface area contributed by atoms with Crippen LogP contribution in [0.2, 0.25) is 0 Å². The third kappa shape index (κ3) is 3.46. The van der Waals surface area contributed by atoms with Crippen molar-refractivity contribution in [1.29, 1.82) is 0 Å². The fourth-order valence-electron chi connectivity index (χ4n) is 2.59. The minimum absolute atomic E-state index is 0.139. The largest absolute Gasteiger partial charge is 0.331 e. The fourth-order valence-corrected chi connectivity index (χ4v) is 3.31. The topological polar surface area (TPSA) is 63.4 Å². The van der Waals surface area contributed by atoms with Crippen molar-refractivity contribution in [1.82, 2.24) is 24.5 Å². The van der Waals surface area contributed by atoms with Gasteiger partial charge in [-0.1, -0.05) is 19.4 Å². The van der Waals surface area contributed by atoms with Crippen molar-refractivity contribution < 1.29 is 4.79 Å². The number of aromatic nitrogens is 4. The van der Waals surface area contributed by atoms with Gasteiger partial charge in [0.15, 0.2) is 0 Å². The highest BCUT2D eigenvalue weighted by atomic mass is 32.1. The van der Waals surface area contributed by atoms with Gasteiger partial charge in [-0.05, 0) is 37.8 Å². The minimum Gasteiger partial charge on any atom is -0.331 e. The highest BCUT2D eigenvalue weighted by molar-refractivity contribution is 7.09. The molecule has 0 unspecified atom stereocenters. The van der Waals surface area contributed by atoms with Crippen LogP contribution >= 0.6 is 11.3 Å². The second kappa shape index (κ2) is 7.09. The van der Waals surface area contributed by atoms with Crippen molar-refractivity contribution in [2.24, 2.45) is 0 Å². The molecule has 0 N–H and O–H groups in total. The average Bonchev–Trinajstić information content (AvgIpc) is 3.20. The summed E-state index contributed by atoms with van der Waals surface area (Å²) < 4.78 is 1.63. The van der Waals surface area contributed by atoms with Gasteiger partial charge in [-0.25, -0.2) is 9.50 Å². The molecule has 0 fully saturated rings. The first kappa shape index (κ1) is 16.6. The molecule has 126 valence electrons. The number of carbonyl (C=O) groups is 1. The summed E-state index contributed by atoms with van der Waals surface area (Å²) in [5.74, 6) is 0.547. The number of thiophene rings is 1. The minimum atomic E-state index is -0.139. The molecule has 0 aliphatic heterocycles. The van der Waals surface area contributed by atoms with Gasteiger partial charge in [0, 0.05) is 22.8 Å². The summed E-state index contributed by atoms with van der Waals surface area (Å²) in [7, 11) is 0. The van der Waals surface area contributed by atoms with E-state index in [1.54, 1.807) is 15.9 Å². The van der Waals surface area contributed by atoms with E-state index in [0.717, 1.165) is 29.1 Å². The normalized spacial score (nSPS) is 11.1. The summed E-state index contributed by atoms with van der Waals surface area (Å²) >= 11 is 1.65. The Kier molecular flexibility index (Phi) is 4.89. The van der Waals surface area contributed by atoms with E-state index < -0.39 is 0 Å². The van der Waals surface area contributed by atoms with E-state index in [0.29, 0.717) is 18.9 Å². The van der Waals surface area contributed by atoms with E-state index in [1.165, 1.54) is 0 Å². The van der Waals surface area contributed by atoms with Gasteiger partial charge in [-0.15, -0.1) is 16.4 Å². The predicted octanol–water partition coefficient (Wildman–Crippen LogP) is 3.25. The molecule has 0 saturated carbocycles. The Bertz CT molecular complexity index is 840. The van der Waals surface area contributed by atoms with E-state index in [9.17, 15) is 4.79 Å². The van der Waals surface area contributed by atoms with Crippen molar-refractivity contribution in [2.45, 2.75) is 40.2 Å². The van der Waals surface area contributed by atoms with E-state index in [2.05, 4.69) is 22.0 Å². The van der Waals surface area contributed by atoms with E-state index in [4.69, 9.17) is 0 Å². The lowest BCUT2D eigenvalue weighted by Crippen LogP contribution is -2.32. The van der Waals surface area contributed by atoms with Gasteiger partial charge < -0.3 is 4.90 Å². The fraction of sp³-hybridized carbons (Fsp3) is 0.412. The molecule has 0 saturated heterocycles.